The molecule has 0 fully saturated rings. The van der Waals surface area contributed by atoms with Crippen molar-refractivity contribution in [2.45, 2.75) is 32.9 Å². The van der Waals surface area contributed by atoms with Crippen LogP contribution in [0.25, 0.3) is 0 Å². The molecule has 0 amide bonds. The molecule has 0 aromatic carbocycles. The zero-order valence-corrected chi connectivity index (χ0v) is 13.5. The Morgan fingerprint density at radius 1 is 1.09 bits per heavy atom. The standard InChI is InChI=1S/C13H12F5NO2S2/c1-4(2)3-5-6(11(20)22)8(10(14)15)19-9(13(16,17)18)7(5)12(21)23/h4,10H,3H2,1-2H3,(H,20,22)(H,21,23)/p-2. The molecule has 10 heteroatoms. The van der Waals surface area contributed by atoms with Crippen molar-refractivity contribution in [3.8, 4) is 0 Å². The van der Waals surface area contributed by atoms with E-state index in [1.54, 1.807) is 13.8 Å². The van der Waals surface area contributed by atoms with E-state index in [1.807, 2.05) is 0 Å². The fourth-order valence-electron chi connectivity index (χ4n) is 2.08. The third-order valence-corrected chi connectivity index (χ3v) is 3.23. The van der Waals surface area contributed by atoms with Gasteiger partial charge in [-0.15, -0.1) is 0 Å². The van der Waals surface area contributed by atoms with Crippen LogP contribution in [0.15, 0.2) is 0 Å². The number of rotatable bonds is 5. The summed E-state index contributed by atoms with van der Waals surface area (Å²) in [5, 5.41) is -2.74. The average Bonchev–Trinajstić information content (AvgIpc) is 2.34. The summed E-state index contributed by atoms with van der Waals surface area (Å²) in [5.74, 6) is -0.342. The lowest BCUT2D eigenvalue weighted by atomic mass is 9.92. The Labute approximate surface area is 139 Å². The molecule has 1 aromatic heterocycles. The minimum absolute atomic E-state index is 0.249. The number of carbonyl (C=O) groups is 2. The first kappa shape index (κ1) is 19.6. The number of hydrogen-bond donors (Lipinski definition) is 0. The van der Waals surface area contributed by atoms with Gasteiger partial charge < -0.3 is 34.8 Å². The van der Waals surface area contributed by atoms with Gasteiger partial charge in [-0.05, 0) is 17.9 Å². The van der Waals surface area contributed by atoms with Crippen molar-refractivity contribution in [2.24, 2.45) is 5.92 Å². The monoisotopic (exact) mass is 371 g/mol. The van der Waals surface area contributed by atoms with Gasteiger partial charge in [0.15, 0.2) is 5.69 Å². The molecule has 23 heavy (non-hydrogen) atoms. The molecule has 0 aliphatic heterocycles. The van der Waals surface area contributed by atoms with Crippen molar-refractivity contribution in [3.63, 3.8) is 0 Å². The van der Waals surface area contributed by atoms with Crippen LogP contribution in [-0.4, -0.2) is 15.2 Å². The van der Waals surface area contributed by atoms with Gasteiger partial charge in [0.25, 0.3) is 6.43 Å². The van der Waals surface area contributed by atoms with Gasteiger partial charge in [-0.2, -0.15) is 13.2 Å². The zero-order chi connectivity index (χ0) is 18.1. The predicted octanol–water partition coefficient (Wildman–Crippen LogP) is 3.61. The van der Waals surface area contributed by atoms with E-state index in [0.29, 0.717) is 0 Å². The Morgan fingerprint density at radius 3 is 1.87 bits per heavy atom. The second-order valence-electron chi connectivity index (χ2n) is 5.05. The van der Waals surface area contributed by atoms with E-state index >= 15 is 0 Å². The number of halogens is 5. The van der Waals surface area contributed by atoms with E-state index in [2.05, 4.69) is 30.2 Å². The molecule has 0 aliphatic rings. The normalized spacial score (nSPS) is 12.0. The molecular formula is C13H10F5NO2S2-2. The first-order valence-electron chi connectivity index (χ1n) is 6.22. The van der Waals surface area contributed by atoms with E-state index in [9.17, 15) is 31.5 Å². The van der Waals surface area contributed by atoms with E-state index in [4.69, 9.17) is 0 Å². The molecule has 0 bridgehead atoms. The van der Waals surface area contributed by atoms with Crippen molar-refractivity contribution < 1.29 is 31.5 Å². The summed E-state index contributed by atoms with van der Waals surface area (Å²) >= 11 is 8.62. The van der Waals surface area contributed by atoms with Gasteiger partial charge in [-0.1, -0.05) is 13.8 Å². The molecule has 0 unspecified atom stereocenters. The topological polar surface area (TPSA) is 47.0 Å². The average molecular weight is 371 g/mol. The van der Waals surface area contributed by atoms with Gasteiger partial charge in [0.2, 0.25) is 0 Å². The maximum atomic E-state index is 13.1. The molecule has 0 spiro atoms. The lowest BCUT2D eigenvalue weighted by Gasteiger charge is -2.25. The fourth-order valence-corrected chi connectivity index (χ4v) is 2.53. The smallest absolute Gasteiger partial charge is 0.434 e. The minimum Gasteiger partial charge on any atom is -0.737 e. The highest BCUT2D eigenvalue weighted by molar-refractivity contribution is 7.78. The number of pyridine rings is 1. The largest absolute Gasteiger partial charge is 0.737 e. The van der Waals surface area contributed by atoms with Crippen LogP contribution in [0, 0.1) is 5.92 Å². The second-order valence-corrected chi connectivity index (χ2v) is 5.79. The highest BCUT2D eigenvalue weighted by Gasteiger charge is 2.39. The Morgan fingerprint density at radius 2 is 1.57 bits per heavy atom. The molecule has 1 heterocycles. The Hall–Kier alpha value is -1.42. The maximum Gasteiger partial charge on any atom is 0.434 e. The van der Waals surface area contributed by atoms with Crippen molar-refractivity contribution in [1.82, 2.24) is 4.98 Å². The van der Waals surface area contributed by atoms with Crippen LogP contribution in [0.2, 0.25) is 0 Å². The van der Waals surface area contributed by atoms with Crippen molar-refractivity contribution >= 4 is 35.5 Å². The van der Waals surface area contributed by atoms with E-state index < -0.39 is 50.9 Å². The number of aromatic nitrogens is 1. The molecule has 0 atom stereocenters. The predicted molar refractivity (Wildman–Crippen MR) is 76.1 cm³/mol. The molecule has 1 aromatic rings. The van der Waals surface area contributed by atoms with Crippen LogP contribution < -0.4 is 0 Å². The van der Waals surface area contributed by atoms with Gasteiger partial charge >= 0.3 is 6.18 Å². The quantitative estimate of drug-likeness (QED) is 0.585. The zero-order valence-electron chi connectivity index (χ0n) is 11.8. The molecule has 0 saturated heterocycles. The Balaban J connectivity index is 4.00. The van der Waals surface area contributed by atoms with Gasteiger partial charge in [0.1, 0.15) is 5.69 Å². The third kappa shape index (κ3) is 4.31. The van der Waals surface area contributed by atoms with Crippen LogP contribution in [-0.2, 0) is 37.9 Å². The van der Waals surface area contributed by atoms with E-state index in [0.717, 1.165) is 0 Å². The number of hydrogen-bond acceptors (Lipinski definition) is 5. The van der Waals surface area contributed by atoms with Gasteiger partial charge in [0, 0.05) is 21.4 Å². The lowest BCUT2D eigenvalue weighted by molar-refractivity contribution is -0.141. The Kier molecular flexibility index (Phi) is 5.97. The maximum absolute atomic E-state index is 13.1. The summed E-state index contributed by atoms with van der Waals surface area (Å²) in [5.41, 5.74) is -5.61. The van der Waals surface area contributed by atoms with Crippen LogP contribution in [0.5, 0.6) is 0 Å². The van der Waals surface area contributed by atoms with Crippen molar-refractivity contribution in [1.29, 1.82) is 0 Å². The number of alkyl halides is 5. The Bertz CT molecular complexity index is 644. The molecule has 0 radical (unpaired) electrons. The second kappa shape index (κ2) is 7.00. The third-order valence-electron chi connectivity index (χ3n) is 2.82. The van der Waals surface area contributed by atoms with Crippen LogP contribution in [0.1, 0.15) is 57.9 Å². The number of nitrogens with zero attached hydrogens (tertiary/aromatic N) is 1. The summed E-state index contributed by atoms with van der Waals surface area (Å²) in [4.78, 5) is 25.8. The molecule has 0 saturated carbocycles. The highest BCUT2D eigenvalue weighted by Crippen LogP contribution is 2.37. The SMILES string of the molecule is CC(C)Cc1c(C(=O)[S-])c(C(F)F)nc(C(F)(F)F)c1C(=O)[S-]. The first-order valence-corrected chi connectivity index (χ1v) is 7.04. The van der Waals surface area contributed by atoms with Crippen molar-refractivity contribution in [3.05, 3.63) is 28.1 Å². The van der Waals surface area contributed by atoms with Crippen LogP contribution in [0.3, 0.4) is 0 Å². The molecule has 3 nitrogen and oxygen atoms in total. The molecule has 0 aliphatic carbocycles. The summed E-state index contributed by atoms with van der Waals surface area (Å²) in [6.45, 7) is 3.15. The van der Waals surface area contributed by atoms with Crippen LogP contribution in [0.4, 0.5) is 22.0 Å². The van der Waals surface area contributed by atoms with Gasteiger partial charge in [0.05, 0.1) is 0 Å². The summed E-state index contributed by atoms with van der Waals surface area (Å²) in [6, 6.07) is 0. The minimum atomic E-state index is -5.18. The van der Waals surface area contributed by atoms with Crippen LogP contribution >= 0.6 is 0 Å². The fraction of sp³-hybridized carbons (Fsp3) is 0.462. The summed E-state index contributed by atoms with van der Waals surface area (Å²) in [7, 11) is 0. The summed E-state index contributed by atoms with van der Waals surface area (Å²) in [6.07, 6.45) is -8.89. The van der Waals surface area contributed by atoms with Crippen molar-refractivity contribution in [2.75, 3.05) is 0 Å². The molecular weight excluding hydrogens is 361 g/mol. The van der Waals surface area contributed by atoms with Gasteiger partial charge in [-0.25, -0.2) is 13.8 Å². The molecule has 0 N–H and O–H groups in total. The highest BCUT2D eigenvalue weighted by atomic mass is 32.1. The molecule has 128 valence electrons. The van der Waals surface area contributed by atoms with E-state index in [1.165, 1.54) is 0 Å². The van der Waals surface area contributed by atoms with Gasteiger partial charge in [-0.3, -0.25) is 0 Å². The van der Waals surface area contributed by atoms with E-state index in [-0.39, 0.29) is 12.3 Å². The lowest BCUT2D eigenvalue weighted by Crippen LogP contribution is -2.23. The first-order chi connectivity index (χ1) is 10.4. The number of carbonyl (C=O) groups excluding carboxylic acids is 2. The summed E-state index contributed by atoms with van der Waals surface area (Å²) < 4.78 is 65.4. The molecule has 1 rings (SSSR count).